The Bertz CT molecular complexity index is 747. The first-order valence-electron chi connectivity index (χ1n) is 8.98. The zero-order chi connectivity index (χ0) is 18.5. The Kier molecular flexibility index (Phi) is 5.73. The summed E-state index contributed by atoms with van der Waals surface area (Å²) in [4.78, 5) is 28.8. The van der Waals surface area contributed by atoms with Crippen molar-refractivity contribution in [3.63, 3.8) is 0 Å². The Morgan fingerprint density at radius 2 is 1.88 bits per heavy atom. The zero-order valence-corrected chi connectivity index (χ0v) is 15.3. The number of rotatable bonds is 5. The molecule has 2 aromatic rings. The minimum Gasteiger partial charge on any atom is -0.468 e. The van der Waals surface area contributed by atoms with Gasteiger partial charge in [0.05, 0.1) is 12.8 Å². The second-order valence-electron chi connectivity index (χ2n) is 6.87. The fraction of sp³-hybridized carbons (Fsp3) is 0.400. The van der Waals surface area contributed by atoms with E-state index in [0.29, 0.717) is 24.3 Å². The van der Waals surface area contributed by atoms with Crippen LogP contribution in [-0.2, 0) is 11.3 Å². The largest absolute Gasteiger partial charge is 0.468 e. The molecule has 138 valence electrons. The van der Waals surface area contributed by atoms with E-state index in [1.165, 1.54) is 0 Å². The topological polar surface area (TPSA) is 65.8 Å². The van der Waals surface area contributed by atoms with Crippen LogP contribution in [0.15, 0.2) is 47.1 Å². The maximum Gasteiger partial charge on any atom is 0.254 e. The van der Waals surface area contributed by atoms with Gasteiger partial charge >= 0.3 is 0 Å². The molecule has 0 saturated carbocycles. The first kappa shape index (κ1) is 18.2. The van der Waals surface area contributed by atoms with Crippen LogP contribution in [0.2, 0.25) is 0 Å². The Labute approximate surface area is 153 Å². The summed E-state index contributed by atoms with van der Waals surface area (Å²) in [5.74, 6) is 0.791. The summed E-state index contributed by atoms with van der Waals surface area (Å²) in [6.07, 6.45) is 1.68. The summed E-state index contributed by atoms with van der Waals surface area (Å²) in [7, 11) is 0. The van der Waals surface area contributed by atoms with Crippen LogP contribution in [0.25, 0.3) is 0 Å². The normalized spacial score (nSPS) is 15.3. The quantitative estimate of drug-likeness (QED) is 0.896. The van der Waals surface area contributed by atoms with Crippen molar-refractivity contribution >= 4 is 17.5 Å². The summed E-state index contributed by atoms with van der Waals surface area (Å²) in [6, 6.07) is 11.0. The third-order valence-electron chi connectivity index (χ3n) is 4.52. The summed E-state index contributed by atoms with van der Waals surface area (Å²) >= 11 is 0. The van der Waals surface area contributed by atoms with E-state index in [4.69, 9.17) is 4.42 Å². The number of hydrogen-bond acceptors (Lipinski definition) is 4. The van der Waals surface area contributed by atoms with Crippen LogP contribution in [0.3, 0.4) is 0 Å². The zero-order valence-electron chi connectivity index (χ0n) is 15.3. The molecule has 1 aromatic heterocycles. The number of amides is 2. The third kappa shape index (κ3) is 4.52. The number of nitrogens with one attached hydrogen (secondary N) is 1. The second kappa shape index (κ2) is 8.19. The molecule has 0 spiro atoms. The highest BCUT2D eigenvalue weighted by Gasteiger charge is 2.23. The molecule has 0 atom stereocenters. The first-order valence-corrected chi connectivity index (χ1v) is 8.98. The summed E-state index contributed by atoms with van der Waals surface area (Å²) in [5, 5.41) is 2.84. The van der Waals surface area contributed by atoms with Crippen molar-refractivity contribution in [1.29, 1.82) is 0 Å². The van der Waals surface area contributed by atoms with Crippen LogP contribution in [0, 0.1) is 5.92 Å². The van der Waals surface area contributed by atoms with Gasteiger partial charge in [0, 0.05) is 43.3 Å². The number of carbonyl (C=O) groups is 2. The van der Waals surface area contributed by atoms with Crippen LogP contribution in [0.5, 0.6) is 0 Å². The molecule has 0 unspecified atom stereocenters. The molecule has 0 bridgehead atoms. The van der Waals surface area contributed by atoms with Gasteiger partial charge in [-0.2, -0.15) is 0 Å². The van der Waals surface area contributed by atoms with Crippen molar-refractivity contribution in [3.8, 4) is 0 Å². The van der Waals surface area contributed by atoms with Gasteiger partial charge in [-0.25, -0.2) is 0 Å². The predicted octanol–water partition coefficient (Wildman–Crippen LogP) is 2.83. The molecule has 1 N–H and O–H groups in total. The number of hydrogen-bond donors (Lipinski definition) is 1. The van der Waals surface area contributed by atoms with E-state index in [9.17, 15) is 9.59 Å². The molecule has 0 radical (unpaired) electrons. The number of benzene rings is 1. The monoisotopic (exact) mass is 355 g/mol. The Balaban J connectivity index is 1.57. The highest BCUT2D eigenvalue weighted by atomic mass is 16.3. The lowest BCUT2D eigenvalue weighted by Gasteiger charge is -2.34. The molecule has 1 aliphatic rings. The molecule has 2 heterocycles. The fourth-order valence-electron chi connectivity index (χ4n) is 2.93. The summed E-state index contributed by atoms with van der Waals surface area (Å²) < 4.78 is 5.38. The number of nitrogens with zero attached hydrogens (tertiary/aromatic N) is 2. The Morgan fingerprint density at radius 3 is 2.54 bits per heavy atom. The van der Waals surface area contributed by atoms with E-state index in [0.717, 1.165) is 25.4 Å². The predicted molar refractivity (Wildman–Crippen MR) is 99.8 cm³/mol. The van der Waals surface area contributed by atoms with E-state index in [-0.39, 0.29) is 17.7 Å². The summed E-state index contributed by atoms with van der Waals surface area (Å²) in [5.41, 5.74) is 1.26. The maximum absolute atomic E-state index is 12.8. The highest BCUT2D eigenvalue weighted by molar-refractivity contribution is 5.97. The lowest BCUT2D eigenvalue weighted by molar-refractivity contribution is -0.118. The Morgan fingerprint density at radius 1 is 1.12 bits per heavy atom. The molecule has 2 amide bonds. The van der Waals surface area contributed by atoms with Crippen molar-refractivity contribution in [1.82, 2.24) is 9.80 Å². The van der Waals surface area contributed by atoms with Crippen LogP contribution >= 0.6 is 0 Å². The van der Waals surface area contributed by atoms with Crippen LogP contribution in [-0.4, -0.2) is 47.8 Å². The maximum atomic E-state index is 12.8. The Hall–Kier alpha value is -2.60. The van der Waals surface area contributed by atoms with E-state index < -0.39 is 0 Å². The van der Waals surface area contributed by atoms with Crippen LogP contribution in [0.1, 0.15) is 30.0 Å². The van der Waals surface area contributed by atoms with Crippen molar-refractivity contribution in [3.05, 3.63) is 54.0 Å². The molecule has 0 aliphatic carbocycles. The molecule has 1 aliphatic heterocycles. The minimum atomic E-state index is -0.100. The lowest BCUT2D eigenvalue weighted by Crippen LogP contribution is -2.48. The molecule has 1 saturated heterocycles. The van der Waals surface area contributed by atoms with Crippen molar-refractivity contribution < 1.29 is 14.0 Å². The van der Waals surface area contributed by atoms with E-state index in [2.05, 4.69) is 10.2 Å². The van der Waals surface area contributed by atoms with Gasteiger partial charge in [-0.15, -0.1) is 0 Å². The molecule has 3 rings (SSSR count). The molecular weight excluding hydrogens is 330 g/mol. The highest BCUT2D eigenvalue weighted by Crippen LogP contribution is 2.16. The average molecular weight is 355 g/mol. The van der Waals surface area contributed by atoms with E-state index >= 15 is 0 Å². The van der Waals surface area contributed by atoms with Gasteiger partial charge in [0.1, 0.15) is 5.76 Å². The van der Waals surface area contributed by atoms with E-state index in [1.807, 2.05) is 30.9 Å². The van der Waals surface area contributed by atoms with Gasteiger partial charge in [0.15, 0.2) is 0 Å². The van der Waals surface area contributed by atoms with Gasteiger partial charge in [-0.3, -0.25) is 14.5 Å². The average Bonchev–Trinajstić information content (AvgIpc) is 3.15. The molecular formula is C20H25N3O3. The van der Waals surface area contributed by atoms with Gasteiger partial charge in [0.25, 0.3) is 5.91 Å². The molecule has 6 nitrogen and oxygen atoms in total. The molecule has 1 aromatic carbocycles. The number of piperazine rings is 1. The van der Waals surface area contributed by atoms with Crippen molar-refractivity contribution in [2.24, 2.45) is 5.92 Å². The third-order valence-corrected chi connectivity index (χ3v) is 4.52. The van der Waals surface area contributed by atoms with Gasteiger partial charge < -0.3 is 14.6 Å². The number of furan rings is 1. The van der Waals surface area contributed by atoms with Crippen molar-refractivity contribution in [2.45, 2.75) is 20.4 Å². The fourth-order valence-corrected chi connectivity index (χ4v) is 2.93. The standard InChI is InChI=1S/C20H25N3O3/c1-15(2)19(24)21-17-6-3-5-16(13-17)20(25)23-10-8-22(9-11-23)14-18-7-4-12-26-18/h3-7,12-13,15H,8-11,14H2,1-2H3,(H,21,24). The summed E-state index contributed by atoms with van der Waals surface area (Å²) in [6.45, 7) is 7.45. The molecule has 26 heavy (non-hydrogen) atoms. The van der Waals surface area contributed by atoms with Gasteiger partial charge in [0.2, 0.25) is 5.91 Å². The SMILES string of the molecule is CC(C)C(=O)Nc1cccc(C(=O)N2CCN(Cc3ccco3)CC2)c1. The lowest BCUT2D eigenvalue weighted by atomic mass is 10.1. The molecule has 1 fully saturated rings. The van der Waals surface area contributed by atoms with Crippen molar-refractivity contribution in [2.75, 3.05) is 31.5 Å². The second-order valence-corrected chi connectivity index (χ2v) is 6.87. The number of carbonyl (C=O) groups excluding carboxylic acids is 2. The van der Waals surface area contributed by atoms with Crippen LogP contribution < -0.4 is 5.32 Å². The smallest absolute Gasteiger partial charge is 0.254 e. The first-order chi connectivity index (χ1) is 12.5. The van der Waals surface area contributed by atoms with Gasteiger partial charge in [-0.1, -0.05) is 19.9 Å². The number of anilines is 1. The molecule has 6 heteroatoms. The van der Waals surface area contributed by atoms with E-state index in [1.54, 1.807) is 30.5 Å². The van der Waals surface area contributed by atoms with Crippen LogP contribution in [0.4, 0.5) is 5.69 Å². The van der Waals surface area contributed by atoms with Gasteiger partial charge in [-0.05, 0) is 30.3 Å². The minimum absolute atomic E-state index is 0.00305.